The molecule has 1 aliphatic carbocycles. The summed E-state index contributed by atoms with van der Waals surface area (Å²) in [5.74, 6) is 0.202. The molecule has 0 radical (unpaired) electrons. The van der Waals surface area contributed by atoms with Crippen molar-refractivity contribution in [1.82, 2.24) is 14.9 Å². The van der Waals surface area contributed by atoms with Gasteiger partial charge in [-0.1, -0.05) is 17.7 Å². The van der Waals surface area contributed by atoms with Gasteiger partial charge < -0.3 is 25.6 Å². The third-order valence-corrected chi connectivity index (χ3v) is 6.15. The minimum Gasteiger partial charge on any atom is -0.434 e. The van der Waals surface area contributed by atoms with Crippen molar-refractivity contribution in [3.05, 3.63) is 65.2 Å². The van der Waals surface area contributed by atoms with E-state index in [4.69, 9.17) is 10.5 Å². The maximum atomic E-state index is 14.9. The van der Waals surface area contributed by atoms with Crippen LogP contribution in [0.25, 0.3) is 6.08 Å². The largest absolute Gasteiger partial charge is 0.434 e. The molecule has 3 aromatic rings. The number of rotatable bonds is 5. The summed E-state index contributed by atoms with van der Waals surface area (Å²) in [5.41, 5.74) is 11.1. The van der Waals surface area contributed by atoms with Gasteiger partial charge in [-0.3, -0.25) is 0 Å². The molecule has 33 heavy (non-hydrogen) atoms. The van der Waals surface area contributed by atoms with Crippen molar-refractivity contribution in [3.63, 3.8) is 0 Å². The van der Waals surface area contributed by atoms with Gasteiger partial charge in [-0.15, -0.1) is 0 Å². The van der Waals surface area contributed by atoms with E-state index in [1.165, 1.54) is 12.0 Å². The summed E-state index contributed by atoms with van der Waals surface area (Å²) in [6.07, 6.45) is 3.95. The number of hydrogen-bond acceptors (Lipinski definition) is 7. The van der Waals surface area contributed by atoms with Crippen LogP contribution < -0.4 is 20.7 Å². The van der Waals surface area contributed by atoms with Gasteiger partial charge in [0, 0.05) is 43.1 Å². The van der Waals surface area contributed by atoms with Gasteiger partial charge in [-0.2, -0.15) is 4.98 Å². The van der Waals surface area contributed by atoms with Crippen molar-refractivity contribution in [3.8, 4) is 11.6 Å². The molecule has 1 aliphatic heterocycles. The molecule has 8 heteroatoms. The number of ether oxygens (including phenoxy) is 1. The highest BCUT2D eigenvalue weighted by Crippen LogP contribution is 2.36. The van der Waals surface area contributed by atoms with Crippen LogP contribution in [0.3, 0.4) is 0 Å². The zero-order valence-electron chi connectivity index (χ0n) is 18.8. The quantitative estimate of drug-likeness (QED) is 0.600. The lowest BCUT2D eigenvalue weighted by Gasteiger charge is -2.34. The van der Waals surface area contributed by atoms with Crippen LogP contribution in [0.15, 0.2) is 48.3 Å². The molecule has 2 heterocycles. The summed E-state index contributed by atoms with van der Waals surface area (Å²) in [6, 6.07) is 11.6. The van der Waals surface area contributed by atoms with Crippen molar-refractivity contribution in [2.75, 3.05) is 49.2 Å². The number of aromatic nitrogens is 2. The maximum Gasteiger partial charge on any atom is 0.248 e. The number of nitrogens with one attached hydrogen (secondary N) is 1. The Morgan fingerprint density at radius 2 is 1.79 bits per heavy atom. The Labute approximate surface area is 192 Å². The summed E-state index contributed by atoms with van der Waals surface area (Å²) in [4.78, 5) is 13.1. The number of piperazine rings is 1. The molecule has 0 spiro atoms. The zero-order valence-corrected chi connectivity index (χ0v) is 18.8. The normalized spacial score (nSPS) is 15.8. The van der Waals surface area contributed by atoms with Crippen molar-refractivity contribution in [2.45, 2.75) is 13.3 Å². The zero-order chi connectivity index (χ0) is 22.9. The lowest BCUT2D eigenvalue weighted by atomic mass is 10.1. The van der Waals surface area contributed by atoms with Gasteiger partial charge in [0.05, 0.1) is 0 Å². The molecule has 0 amide bonds. The average molecular weight is 447 g/mol. The average Bonchev–Trinajstić information content (AvgIpc) is 3.20. The number of allylic oxidation sites excluding steroid dienone is 1. The molecule has 0 unspecified atom stereocenters. The van der Waals surface area contributed by atoms with Gasteiger partial charge in [0.2, 0.25) is 5.88 Å². The first kappa shape index (κ1) is 21.2. The number of nitrogens with two attached hydrogens (primary N) is 1. The van der Waals surface area contributed by atoms with Crippen molar-refractivity contribution in [1.29, 1.82) is 0 Å². The van der Waals surface area contributed by atoms with E-state index in [1.54, 1.807) is 6.07 Å². The number of likely N-dealkylation sites (N-methyl/N-ethyl adjacent to an activating group) is 1. The molecule has 7 nitrogen and oxygen atoms in total. The topological polar surface area (TPSA) is 79.5 Å². The summed E-state index contributed by atoms with van der Waals surface area (Å²) in [6.45, 7) is 6.12. The molecular formula is C25H27FN6O. The fourth-order valence-electron chi connectivity index (χ4n) is 4.22. The Balaban J connectivity index is 1.32. The Bertz CT molecular complexity index is 1200. The summed E-state index contributed by atoms with van der Waals surface area (Å²) >= 11 is 0. The van der Waals surface area contributed by atoms with Crippen LogP contribution in [0.1, 0.15) is 18.1 Å². The van der Waals surface area contributed by atoms with E-state index in [9.17, 15) is 4.39 Å². The molecule has 2 aromatic carbocycles. The van der Waals surface area contributed by atoms with Gasteiger partial charge in [0.1, 0.15) is 12.0 Å². The molecule has 5 rings (SSSR count). The second kappa shape index (κ2) is 8.71. The summed E-state index contributed by atoms with van der Waals surface area (Å²) in [5, 5.41) is 3.21. The first-order valence-corrected chi connectivity index (χ1v) is 11.1. The number of nitrogen functional groups attached to an aromatic ring is 1. The third-order valence-electron chi connectivity index (χ3n) is 6.15. The van der Waals surface area contributed by atoms with Crippen molar-refractivity contribution in [2.24, 2.45) is 0 Å². The monoisotopic (exact) mass is 446 g/mol. The molecule has 1 aromatic heterocycles. The molecule has 0 atom stereocenters. The van der Waals surface area contributed by atoms with Gasteiger partial charge >= 0.3 is 0 Å². The predicted molar refractivity (Wildman–Crippen MR) is 130 cm³/mol. The number of benzene rings is 2. The second-order valence-electron chi connectivity index (χ2n) is 8.62. The molecule has 1 fully saturated rings. The highest BCUT2D eigenvalue weighted by atomic mass is 19.1. The van der Waals surface area contributed by atoms with Crippen LogP contribution in [-0.4, -0.2) is 48.1 Å². The first-order chi connectivity index (χ1) is 16.0. The number of anilines is 4. The third kappa shape index (κ3) is 4.34. The van der Waals surface area contributed by atoms with Gasteiger partial charge in [0.25, 0.3) is 0 Å². The highest BCUT2D eigenvalue weighted by Gasteiger charge is 2.20. The van der Waals surface area contributed by atoms with Crippen LogP contribution in [0.2, 0.25) is 0 Å². The molecular weight excluding hydrogens is 419 g/mol. The molecule has 0 saturated carbocycles. The SMILES string of the molecule is CC1=Cc2c(ccc(Oc3ncnc(Nc4ccc(N5CCN(C)CC5)cc4)c3N)c2F)C1. The van der Waals surface area contributed by atoms with Gasteiger partial charge in [-0.05, 0) is 56.3 Å². The molecule has 0 bridgehead atoms. The lowest BCUT2D eigenvalue weighted by Crippen LogP contribution is -2.44. The van der Waals surface area contributed by atoms with Crippen molar-refractivity contribution < 1.29 is 9.13 Å². The minimum absolute atomic E-state index is 0.0904. The molecule has 3 N–H and O–H groups in total. The van der Waals surface area contributed by atoms with E-state index in [-0.39, 0.29) is 17.3 Å². The fraction of sp³-hybridized carbons (Fsp3) is 0.280. The standard InChI is InChI=1S/C25H27FN6O/c1-16-13-17-3-8-21(22(26)20(17)14-16)33-25-23(27)24(28-15-29-25)30-18-4-6-19(7-5-18)32-11-9-31(2)10-12-32/h3-8,14-15H,9-13,27H2,1-2H3,(H,28,29,30). The van der Waals surface area contributed by atoms with Crippen LogP contribution >= 0.6 is 0 Å². The van der Waals surface area contributed by atoms with Crippen molar-refractivity contribution >= 4 is 29.0 Å². The van der Waals surface area contributed by atoms with E-state index >= 15 is 0 Å². The number of halogens is 1. The van der Waals surface area contributed by atoms with E-state index in [2.05, 4.69) is 44.3 Å². The predicted octanol–water partition coefficient (Wildman–Crippen LogP) is 4.45. The summed E-state index contributed by atoms with van der Waals surface area (Å²) < 4.78 is 20.7. The Morgan fingerprint density at radius 1 is 1.03 bits per heavy atom. The fourth-order valence-corrected chi connectivity index (χ4v) is 4.22. The number of fused-ring (bicyclic) bond motifs is 1. The van der Waals surface area contributed by atoms with E-state index in [0.717, 1.165) is 49.4 Å². The second-order valence-corrected chi connectivity index (χ2v) is 8.62. The van der Waals surface area contributed by atoms with E-state index in [1.807, 2.05) is 31.2 Å². The Morgan fingerprint density at radius 3 is 2.55 bits per heavy atom. The van der Waals surface area contributed by atoms with Crippen LogP contribution in [0.5, 0.6) is 11.6 Å². The Kier molecular flexibility index (Phi) is 5.60. The van der Waals surface area contributed by atoms with Gasteiger partial charge in [0.15, 0.2) is 17.4 Å². The van der Waals surface area contributed by atoms with Crippen LogP contribution in [0.4, 0.5) is 27.3 Å². The van der Waals surface area contributed by atoms with E-state index < -0.39 is 5.82 Å². The number of nitrogens with zero attached hydrogens (tertiary/aromatic N) is 4. The number of hydrogen-bond donors (Lipinski definition) is 2. The maximum absolute atomic E-state index is 14.9. The molecule has 2 aliphatic rings. The smallest absolute Gasteiger partial charge is 0.248 e. The minimum atomic E-state index is -0.406. The summed E-state index contributed by atoms with van der Waals surface area (Å²) in [7, 11) is 2.14. The van der Waals surface area contributed by atoms with E-state index in [0.29, 0.717) is 11.4 Å². The molecule has 1 saturated heterocycles. The van der Waals surface area contributed by atoms with Crippen LogP contribution in [-0.2, 0) is 6.42 Å². The molecule has 170 valence electrons. The lowest BCUT2D eigenvalue weighted by molar-refractivity contribution is 0.313. The highest BCUT2D eigenvalue weighted by molar-refractivity contribution is 5.73. The van der Waals surface area contributed by atoms with Crippen LogP contribution in [0, 0.1) is 5.82 Å². The van der Waals surface area contributed by atoms with Gasteiger partial charge in [-0.25, -0.2) is 9.37 Å². The Hall–Kier alpha value is -3.65. The first-order valence-electron chi connectivity index (χ1n) is 11.1.